The molecule has 30 heavy (non-hydrogen) atoms. The summed E-state index contributed by atoms with van der Waals surface area (Å²) in [6.45, 7) is 7.91. The van der Waals surface area contributed by atoms with Crippen molar-refractivity contribution >= 4 is 11.8 Å². The maximum Gasteiger partial charge on any atom is 0.317 e. The van der Waals surface area contributed by atoms with Crippen LogP contribution in [0.4, 0.5) is 10.6 Å². The molecule has 4 heterocycles. The maximum absolute atomic E-state index is 12.6. The highest BCUT2D eigenvalue weighted by Gasteiger charge is 2.39. The molecule has 2 amide bonds. The van der Waals surface area contributed by atoms with Crippen LogP contribution < -0.4 is 10.2 Å². The lowest BCUT2D eigenvalue weighted by Gasteiger charge is -2.29. The second kappa shape index (κ2) is 9.19. The Bertz CT molecular complexity index is 793. The van der Waals surface area contributed by atoms with E-state index in [4.69, 9.17) is 6.42 Å². The summed E-state index contributed by atoms with van der Waals surface area (Å²) < 4.78 is 0. The number of amides is 2. The molecule has 8 nitrogen and oxygen atoms in total. The fourth-order valence-corrected chi connectivity index (χ4v) is 4.95. The largest absolute Gasteiger partial charge is 0.354 e. The van der Waals surface area contributed by atoms with Gasteiger partial charge in [0.15, 0.2) is 5.82 Å². The number of nitrogens with zero attached hydrogens (tertiary/aromatic N) is 6. The lowest BCUT2D eigenvalue weighted by Crippen LogP contribution is -2.43. The van der Waals surface area contributed by atoms with Crippen LogP contribution in [0.15, 0.2) is 6.07 Å². The van der Waals surface area contributed by atoms with Crippen LogP contribution in [0.1, 0.15) is 17.7 Å². The Labute approximate surface area is 179 Å². The number of anilines is 1. The first-order chi connectivity index (χ1) is 14.5. The molecule has 0 spiro atoms. The van der Waals surface area contributed by atoms with Gasteiger partial charge in [-0.25, -0.2) is 4.79 Å². The number of carbonyl (C=O) groups is 1. The first kappa shape index (κ1) is 20.9. The standard InChI is InChI=1S/C22H33N7O/c1-4-8-26(2)9-5-7-23-22(30)28-10-6-20-17(14-28)11-21(25-24-20)29-15-18-12-27(3)13-19(18)16-29/h1,11,18-19H,5-10,12-16H2,2-3H3,(H,23,30)/t18-,19+. The fraction of sp³-hybridized carbons (Fsp3) is 0.682. The van der Waals surface area contributed by atoms with E-state index in [2.05, 4.69) is 49.2 Å². The van der Waals surface area contributed by atoms with Gasteiger partial charge in [-0.2, -0.15) is 5.10 Å². The molecule has 3 aliphatic rings. The molecular weight excluding hydrogens is 378 g/mol. The van der Waals surface area contributed by atoms with E-state index >= 15 is 0 Å². The number of fused-ring (bicyclic) bond motifs is 2. The molecule has 0 saturated carbocycles. The van der Waals surface area contributed by atoms with Crippen LogP contribution in [0.2, 0.25) is 0 Å². The highest BCUT2D eigenvalue weighted by Crippen LogP contribution is 2.33. The quantitative estimate of drug-likeness (QED) is 0.543. The van der Waals surface area contributed by atoms with Crippen molar-refractivity contribution in [2.24, 2.45) is 11.8 Å². The zero-order valence-corrected chi connectivity index (χ0v) is 18.2. The summed E-state index contributed by atoms with van der Waals surface area (Å²) in [7, 11) is 4.20. The van der Waals surface area contributed by atoms with Gasteiger partial charge in [0.2, 0.25) is 0 Å². The normalized spacial score (nSPS) is 23.4. The zero-order valence-electron chi connectivity index (χ0n) is 18.2. The van der Waals surface area contributed by atoms with Crippen molar-refractivity contribution in [2.45, 2.75) is 19.4 Å². The topological polar surface area (TPSA) is 67.8 Å². The van der Waals surface area contributed by atoms with Crippen LogP contribution in [-0.2, 0) is 13.0 Å². The molecule has 3 aliphatic heterocycles. The van der Waals surface area contributed by atoms with Crippen molar-refractivity contribution in [1.82, 2.24) is 30.2 Å². The molecule has 0 unspecified atom stereocenters. The van der Waals surface area contributed by atoms with Gasteiger partial charge >= 0.3 is 6.03 Å². The number of carbonyl (C=O) groups excluding carboxylic acids is 1. The average Bonchev–Trinajstić information content (AvgIpc) is 3.28. The number of rotatable bonds is 6. The summed E-state index contributed by atoms with van der Waals surface area (Å²) in [5.74, 6) is 5.06. The smallest absolute Gasteiger partial charge is 0.317 e. The summed E-state index contributed by atoms with van der Waals surface area (Å²) in [5.41, 5.74) is 2.15. The van der Waals surface area contributed by atoms with Crippen molar-refractivity contribution in [3.8, 4) is 12.3 Å². The number of likely N-dealkylation sites (tertiary alicyclic amines) is 1. The molecule has 2 atom stereocenters. The first-order valence-corrected chi connectivity index (χ1v) is 11.0. The minimum atomic E-state index is -0.00245. The molecule has 162 valence electrons. The monoisotopic (exact) mass is 411 g/mol. The van der Waals surface area contributed by atoms with Gasteiger partial charge in [-0.15, -0.1) is 11.5 Å². The number of hydrogen-bond acceptors (Lipinski definition) is 6. The van der Waals surface area contributed by atoms with Crippen molar-refractivity contribution in [1.29, 1.82) is 0 Å². The number of nitrogens with one attached hydrogen (secondary N) is 1. The molecule has 2 fully saturated rings. The van der Waals surface area contributed by atoms with Crippen LogP contribution in [0.5, 0.6) is 0 Å². The highest BCUT2D eigenvalue weighted by molar-refractivity contribution is 5.74. The number of hydrogen-bond donors (Lipinski definition) is 1. The van der Waals surface area contributed by atoms with Crippen LogP contribution in [0.25, 0.3) is 0 Å². The molecule has 1 aromatic rings. The van der Waals surface area contributed by atoms with Crippen molar-refractivity contribution in [2.75, 3.05) is 71.4 Å². The molecule has 2 saturated heterocycles. The van der Waals surface area contributed by atoms with E-state index in [1.807, 2.05) is 11.9 Å². The Morgan fingerprint density at radius 1 is 1.30 bits per heavy atom. The van der Waals surface area contributed by atoms with Gasteiger partial charge in [-0.3, -0.25) is 4.90 Å². The summed E-state index contributed by atoms with van der Waals surface area (Å²) in [4.78, 5) is 21.4. The van der Waals surface area contributed by atoms with Crippen LogP contribution in [-0.4, -0.2) is 97.4 Å². The SMILES string of the molecule is C#CCN(C)CCCNC(=O)N1CCc2nnc(N3C[C@H]4CN(C)C[C@H]4C3)cc2C1. The van der Waals surface area contributed by atoms with Gasteiger partial charge < -0.3 is 20.0 Å². The van der Waals surface area contributed by atoms with E-state index in [1.165, 1.54) is 13.1 Å². The molecule has 1 N–H and O–H groups in total. The molecule has 0 bridgehead atoms. The molecule has 1 aromatic heterocycles. The second-order valence-corrected chi connectivity index (χ2v) is 9.02. The number of aromatic nitrogens is 2. The number of urea groups is 1. The molecule has 0 radical (unpaired) electrons. The summed E-state index contributed by atoms with van der Waals surface area (Å²) in [5, 5.41) is 12.0. The van der Waals surface area contributed by atoms with Gasteiger partial charge in [0.1, 0.15) is 0 Å². The average molecular weight is 412 g/mol. The van der Waals surface area contributed by atoms with Gasteiger partial charge in [-0.05, 0) is 44.0 Å². The zero-order chi connectivity index (χ0) is 21.1. The van der Waals surface area contributed by atoms with Gasteiger partial charge in [0.05, 0.1) is 12.2 Å². The Hall–Kier alpha value is -2.37. The third kappa shape index (κ3) is 4.68. The molecule has 4 rings (SSSR count). The second-order valence-electron chi connectivity index (χ2n) is 9.02. The van der Waals surface area contributed by atoms with E-state index in [-0.39, 0.29) is 6.03 Å². The first-order valence-electron chi connectivity index (χ1n) is 11.0. The van der Waals surface area contributed by atoms with Crippen LogP contribution >= 0.6 is 0 Å². The lowest BCUT2D eigenvalue weighted by molar-refractivity contribution is 0.191. The van der Waals surface area contributed by atoms with Crippen LogP contribution in [0.3, 0.4) is 0 Å². The van der Waals surface area contributed by atoms with Crippen LogP contribution in [0, 0.1) is 24.2 Å². The highest BCUT2D eigenvalue weighted by atomic mass is 16.2. The Morgan fingerprint density at radius 2 is 2.07 bits per heavy atom. The minimum absolute atomic E-state index is 0.00245. The minimum Gasteiger partial charge on any atom is -0.354 e. The van der Waals surface area contributed by atoms with Gasteiger partial charge in [0, 0.05) is 58.8 Å². The summed E-state index contributed by atoms with van der Waals surface area (Å²) in [6, 6.07) is 2.15. The molecular formula is C22H33N7O. The Kier molecular flexibility index (Phi) is 6.40. The molecule has 0 aliphatic carbocycles. The number of terminal acetylenes is 1. The lowest BCUT2D eigenvalue weighted by atomic mass is 10.0. The molecule has 0 aromatic carbocycles. The third-order valence-electron chi connectivity index (χ3n) is 6.56. The van der Waals surface area contributed by atoms with E-state index in [0.29, 0.717) is 26.2 Å². The van der Waals surface area contributed by atoms with Crippen molar-refractivity contribution < 1.29 is 4.79 Å². The maximum atomic E-state index is 12.6. The Balaban J connectivity index is 1.30. The predicted molar refractivity (Wildman–Crippen MR) is 117 cm³/mol. The van der Waals surface area contributed by atoms with E-state index in [9.17, 15) is 4.79 Å². The van der Waals surface area contributed by atoms with E-state index in [0.717, 1.165) is 61.4 Å². The third-order valence-corrected chi connectivity index (χ3v) is 6.56. The van der Waals surface area contributed by atoms with Gasteiger partial charge in [0.25, 0.3) is 0 Å². The summed E-state index contributed by atoms with van der Waals surface area (Å²) >= 11 is 0. The fourth-order valence-electron chi connectivity index (χ4n) is 4.95. The van der Waals surface area contributed by atoms with Crippen molar-refractivity contribution in [3.63, 3.8) is 0 Å². The van der Waals surface area contributed by atoms with E-state index in [1.54, 1.807) is 0 Å². The van der Waals surface area contributed by atoms with Crippen molar-refractivity contribution in [3.05, 3.63) is 17.3 Å². The van der Waals surface area contributed by atoms with Gasteiger partial charge in [-0.1, -0.05) is 5.92 Å². The predicted octanol–water partition coefficient (Wildman–Crippen LogP) is 0.497. The van der Waals surface area contributed by atoms with E-state index < -0.39 is 0 Å². The summed E-state index contributed by atoms with van der Waals surface area (Å²) in [6.07, 6.45) is 6.96. The molecule has 8 heteroatoms. The Morgan fingerprint density at radius 3 is 2.80 bits per heavy atom.